The number of amides is 2. The van der Waals surface area contributed by atoms with Crippen LogP contribution in [0.15, 0.2) is 18.2 Å². The number of hydrogen-bond acceptors (Lipinski definition) is 1. The maximum absolute atomic E-state index is 11.9. The highest BCUT2D eigenvalue weighted by atomic mass is 16.2. The molecule has 0 heterocycles. The summed E-state index contributed by atoms with van der Waals surface area (Å²) in [6.07, 6.45) is 0.981. The molecule has 0 aliphatic heterocycles. The molecule has 0 aliphatic rings. The van der Waals surface area contributed by atoms with Gasteiger partial charge in [0.2, 0.25) is 0 Å². The molecule has 0 unspecified atom stereocenters. The van der Waals surface area contributed by atoms with E-state index in [1.165, 1.54) is 5.56 Å². The number of nitrogens with zero attached hydrogens (tertiary/aromatic N) is 1. The molecule has 94 valence electrons. The average molecular weight is 234 g/mol. The van der Waals surface area contributed by atoms with Crippen LogP contribution in [0, 0.1) is 6.92 Å². The number of nitrogens with one attached hydrogen (secondary N) is 1. The van der Waals surface area contributed by atoms with E-state index < -0.39 is 0 Å². The van der Waals surface area contributed by atoms with Crippen LogP contribution < -0.4 is 5.32 Å². The molecule has 1 rings (SSSR count). The Kier molecular flexibility index (Phi) is 5.01. The predicted molar refractivity (Wildman–Crippen MR) is 72.5 cm³/mol. The minimum absolute atomic E-state index is 0.0219. The average Bonchev–Trinajstić information content (AvgIpc) is 2.33. The quantitative estimate of drug-likeness (QED) is 0.850. The first kappa shape index (κ1) is 13.6. The Bertz CT molecular complexity index is 384. The monoisotopic (exact) mass is 234 g/mol. The normalized spacial score (nSPS) is 10.1. The lowest BCUT2D eigenvalue weighted by molar-refractivity contribution is 0.217. The lowest BCUT2D eigenvalue weighted by Gasteiger charge is -2.20. The molecule has 0 radical (unpaired) electrons. The maximum atomic E-state index is 11.9. The number of carbonyl (C=O) groups is 1. The summed E-state index contributed by atoms with van der Waals surface area (Å²) >= 11 is 0. The molecule has 1 N–H and O–H groups in total. The minimum atomic E-state index is -0.0219. The second kappa shape index (κ2) is 6.28. The van der Waals surface area contributed by atoms with E-state index in [-0.39, 0.29) is 6.03 Å². The molecule has 3 heteroatoms. The Labute approximate surface area is 104 Å². The van der Waals surface area contributed by atoms with Gasteiger partial charge in [0.15, 0.2) is 0 Å². The molecular weight excluding hydrogens is 212 g/mol. The molecule has 1 aromatic carbocycles. The summed E-state index contributed by atoms with van der Waals surface area (Å²) in [5.41, 5.74) is 3.26. The predicted octanol–water partition coefficient (Wildman–Crippen LogP) is 3.43. The van der Waals surface area contributed by atoms with Crippen molar-refractivity contribution in [1.82, 2.24) is 4.90 Å². The molecule has 1 aromatic rings. The van der Waals surface area contributed by atoms with Crippen LogP contribution in [-0.2, 0) is 6.42 Å². The van der Waals surface area contributed by atoms with Crippen LogP contribution in [0.5, 0.6) is 0 Å². The number of hydrogen-bond donors (Lipinski definition) is 1. The van der Waals surface area contributed by atoms with Crippen LogP contribution in [0.3, 0.4) is 0 Å². The first-order chi connectivity index (χ1) is 8.12. The molecule has 0 aromatic heterocycles. The number of aryl methyl sites for hydroxylation is 2. The van der Waals surface area contributed by atoms with Crippen LogP contribution in [0.1, 0.15) is 31.9 Å². The molecule has 3 nitrogen and oxygen atoms in total. The number of anilines is 1. The minimum Gasteiger partial charge on any atom is -0.325 e. The van der Waals surface area contributed by atoms with Crippen LogP contribution in [0.4, 0.5) is 10.5 Å². The highest BCUT2D eigenvalue weighted by Crippen LogP contribution is 2.17. The summed E-state index contributed by atoms with van der Waals surface area (Å²) in [6.45, 7) is 9.55. The maximum Gasteiger partial charge on any atom is 0.321 e. The van der Waals surface area contributed by atoms with E-state index in [0.29, 0.717) is 0 Å². The number of rotatable bonds is 4. The Morgan fingerprint density at radius 2 is 1.88 bits per heavy atom. The van der Waals surface area contributed by atoms with Crippen molar-refractivity contribution in [3.8, 4) is 0 Å². The lowest BCUT2D eigenvalue weighted by Crippen LogP contribution is -2.34. The van der Waals surface area contributed by atoms with Gasteiger partial charge in [0, 0.05) is 18.8 Å². The fourth-order valence-electron chi connectivity index (χ4n) is 1.73. The smallest absolute Gasteiger partial charge is 0.321 e. The molecule has 0 atom stereocenters. The third-order valence-corrected chi connectivity index (χ3v) is 3.00. The van der Waals surface area contributed by atoms with E-state index in [9.17, 15) is 4.79 Å². The van der Waals surface area contributed by atoms with E-state index in [2.05, 4.69) is 30.4 Å². The van der Waals surface area contributed by atoms with Gasteiger partial charge in [0.25, 0.3) is 0 Å². The fraction of sp³-hybridized carbons (Fsp3) is 0.500. The van der Waals surface area contributed by atoms with Crippen LogP contribution in [-0.4, -0.2) is 24.0 Å². The number of carbonyl (C=O) groups excluding carboxylic acids is 1. The van der Waals surface area contributed by atoms with Gasteiger partial charge in [0.1, 0.15) is 0 Å². The topological polar surface area (TPSA) is 32.3 Å². The fourth-order valence-corrected chi connectivity index (χ4v) is 1.73. The first-order valence-electron chi connectivity index (χ1n) is 6.27. The first-order valence-corrected chi connectivity index (χ1v) is 6.27. The van der Waals surface area contributed by atoms with Gasteiger partial charge in [-0.15, -0.1) is 0 Å². The molecule has 0 fully saturated rings. The van der Waals surface area contributed by atoms with E-state index in [0.717, 1.165) is 30.8 Å². The molecule has 0 saturated heterocycles. The highest BCUT2D eigenvalue weighted by Gasteiger charge is 2.10. The van der Waals surface area contributed by atoms with Crippen LogP contribution >= 0.6 is 0 Å². The standard InChI is InChI=1S/C14H22N2O/c1-5-12-9-8-11(4)13(10-12)15-14(17)16(6-2)7-3/h8-10H,5-7H2,1-4H3,(H,15,17). The van der Waals surface area contributed by atoms with Crippen molar-refractivity contribution in [2.45, 2.75) is 34.1 Å². The third-order valence-electron chi connectivity index (χ3n) is 3.00. The van der Waals surface area contributed by atoms with Crippen LogP contribution in [0.25, 0.3) is 0 Å². The second-order valence-electron chi connectivity index (χ2n) is 4.11. The van der Waals surface area contributed by atoms with Crippen molar-refractivity contribution < 1.29 is 4.79 Å². The Morgan fingerprint density at radius 1 is 1.24 bits per heavy atom. The van der Waals surface area contributed by atoms with Crippen molar-refractivity contribution in [3.63, 3.8) is 0 Å². The Hall–Kier alpha value is -1.51. The summed E-state index contributed by atoms with van der Waals surface area (Å²) in [5.74, 6) is 0. The second-order valence-corrected chi connectivity index (χ2v) is 4.11. The third kappa shape index (κ3) is 3.48. The van der Waals surface area contributed by atoms with E-state index in [1.807, 2.05) is 20.8 Å². The van der Waals surface area contributed by atoms with E-state index in [4.69, 9.17) is 0 Å². The number of benzene rings is 1. The highest BCUT2D eigenvalue weighted by molar-refractivity contribution is 5.90. The zero-order chi connectivity index (χ0) is 12.8. The van der Waals surface area contributed by atoms with Gasteiger partial charge >= 0.3 is 6.03 Å². The van der Waals surface area contributed by atoms with Crippen LogP contribution in [0.2, 0.25) is 0 Å². The summed E-state index contributed by atoms with van der Waals surface area (Å²) in [4.78, 5) is 13.7. The molecule has 0 aliphatic carbocycles. The van der Waals surface area contributed by atoms with Gasteiger partial charge < -0.3 is 10.2 Å². The molecule has 2 amide bonds. The van der Waals surface area contributed by atoms with Crippen molar-refractivity contribution in [2.75, 3.05) is 18.4 Å². The molecule has 0 spiro atoms. The Balaban J connectivity index is 2.83. The summed E-state index contributed by atoms with van der Waals surface area (Å²) in [7, 11) is 0. The van der Waals surface area contributed by atoms with Crippen molar-refractivity contribution in [2.24, 2.45) is 0 Å². The summed E-state index contributed by atoms with van der Waals surface area (Å²) < 4.78 is 0. The van der Waals surface area contributed by atoms with Gasteiger partial charge in [-0.1, -0.05) is 19.1 Å². The molecule has 0 saturated carbocycles. The van der Waals surface area contributed by atoms with Gasteiger partial charge in [-0.05, 0) is 44.4 Å². The van der Waals surface area contributed by atoms with Crippen molar-refractivity contribution in [3.05, 3.63) is 29.3 Å². The van der Waals surface area contributed by atoms with Gasteiger partial charge in [-0.25, -0.2) is 4.79 Å². The van der Waals surface area contributed by atoms with E-state index >= 15 is 0 Å². The molecule has 17 heavy (non-hydrogen) atoms. The zero-order valence-electron chi connectivity index (χ0n) is 11.2. The van der Waals surface area contributed by atoms with Crippen molar-refractivity contribution in [1.29, 1.82) is 0 Å². The molecular formula is C14H22N2O. The number of urea groups is 1. The molecule has 0 bridgehead atoms. The van der Waals surface area contributed by atoms with Gasteiger partial charge in [-0.2, -0.15) is 0 Å². The van der Waals surface area contributed by atoms with Crippen molar-refractivity contribution >= 4 is 11.7 Å². The summed E-state index contributed by atoms with van der Waals surface area (Å²) in [6, 6.07) is 6.18. The van der Waals surface area contributed by atoms with Gasteiger partial charge in [-0.3, -0.25) is 0 Å². The lowest BCUT2D eigenvalue weighted by atomic mass is 10.1. The van der Waals surface area contributed by atoms with Gasteiger partial charge in [0.05, 0.1) is 0 Å². The van der Waals surface area contributed by atoms with E-state index in [1.54, 1.807) is 4.90 Å². The SMILES string of the molecule is CCc1ccc(C)c(NC(=O)N(CC)CC)c1. The largest absolute Gasteiger partial charge is 0.325 e. The summed E-state index contributed by atoms with van der Waals surface area (Å²) in [5, 5.41) is 2.97. The Morgan fingerprint density at radius 3 is 2.41 bits per heavy atom. The zero-order valence-corrected chi connectivity index (χ0v) is 11.2.